The molecule has 0 saturated carbocycles. The topological polar surface area (TPSA) is 60.2 Å². The quantitative estimate of drug-likeness (QED) is 0.807. The maximum absolute atomic E-state index is 12.5. The first-order valence-corrected chi connectivity index (χ1v) is 6.00. The number of nitrogens with two attached hydrogens (primary N) is 1. The molecular formula is C9H12FNO2S. The molecule has 0 unspecified atom stereocenters. The van der Waals surface area contributed by atoms with Gasteiger partial charge in [0.1, 0.15) is 5.82 Å². The number of hydrogen-bond donors (Lipinski definition) is 1. The standard InChI is InChI=1S/C9H12FNO2S/c10-9-3-1-8(2-4-9)7-14(12,13)6-5-11/h1-4H,5-7,11H2. The highest BCUT2D eigenvalue weighted by Crippen LogP contribution is 2.07. The van der Waals surface area contributed by atoms with Crippen LogP contribution in [-0.2, 0) is 15.6 Å². The maximum atomic E-state index is 12.5. The second-order valence-corrected chi connectivity index (χ2v) is 5.19. The van der Waals surface area contributed by atoms with Crippen molar-refractivity contribution in [3.63, 3.8) is 0 Å². The van der Waals surface area contributed by atoms with Crippen molar-refractivity contribution in [2.75, 3.05) is 12.3 Å². The molecule has 0 aliphatic carbocycles. The summed E-state index contributed by atoms with van der Waals surface area (Å²) < 4.78 is 35.1. The van der Waals surface area contributed by atoms with Gasteiger partial charge < -0.3 is 5.73 Å². The molecule has 0 atom stereocenters. The zero-order valence-corrected chi connectivity index (χ0v) is 8.43. The Hall–Kier alpha value is -0.940. The van der Waals surface area contributed by atoms with E-state index in [-0.39, 0.29) is 23.9 Å². The lowest BCUT2D eigenvalue weighted by atomic mass is 10.2. The lowest BCUT2D eigenvalue weighted by molar-refractivity contribution is 0.594. The van der Waals surface area contributed by atoms with Crippen LogP contribution in [0.15, 0.2) is 24.3 Å². The maximum Gasteiger partial charge on any atom is 0.155 e. The molecule has 5 heteroatoms. The van der Waals surface area contributed by atoms with E-state index >= 15 is 0 Å². The van der Waals surface area contributed by atoms with Gasteiger partial charge in [0.25, 0.3) is 0 Å². The smallest absolute Gasteiger partial charge is 0.155 e. The Bertz CT molecular complexity index is 386. The molecule has 0 spiro atoms. The predicted molar refractivity (Wildman–Crippen MR) is 52.9 cm³/mol. The molecule has 1 rings (SSSR count). The molecule has 2 N–H and O–H groups in total. The van der Waals surface area contributed by atoms with E-state index in [9.17, 15) is 12.8 Å². The lowest BCUT2D eigenvalue weighted by Gasteiger charge is -2.02. The summed E-state index contributed by atoms with van der Waals surface area (Å²) in [5.41, 5.74) is 5.74. The van der Waals surface area contributed by atoms with Gasteiger partial charge in [-0.3, -0.25) is 0 Å². The summed E-state index contributed by atoms with van der Waals surface area (Å²) in [5.74, 6) is -0.487. The van der Waals surface area contributed by atoms with E-state index < -0.39 is 9.84 Å². The van der Waals surface area contributed by atoms with Crippen molar-refractivity contribution >= 4 is 9.84 Å². The number of benzene rings is 1. The molecule has 14 heavy (non-hydrogen) atoms. The van der Waals surface area contributed by atoms with Gasteiger partial charge >= 0.3 is 0 Å². The van der Waals surface area contributed by atoms with Crippen LogP contribution in [0.2, 0.25) is 0 Å². The van der Waals surface area contributed by atoms with Crippen molar-refractivity contribution in [1.82, 2.24) is 0 Å². The molecule has 0 fully saturated rings. The molecule has 0 aliphatic rings. The third kappa shape index (κ3) is 3.43. The average Bonchev–Trinajstić information content (AvgIpc) is 2.08. The van der Waals surface area contributed by atoms with Crippen LogP contribution in [0, 0.1) is 5.82 Å². The SMILES string of the molecule is NCCS(=O)(=O)Cc1ccc(F)cc1. The molecule has 0 amide bonds. The van der Waals surface area contributed by atoms with Crippen LogP contribution in [0.25, 0.3) is 0 Å². The Kier molecular flexibility index (Phi) is 3.60. The van der Waals surface area contributed by atoms with E-state index in [1.807, 2.05) is 0 Å². The summed E-state index contributed by atoms with van der Waals surface area (Å²) in [6.07, 6.45) is 0. The molecule has 1 aromatic rings. The first-order chi connectivity index (χ1) is 6.53. The van der Waals surface area contributed by atoms with Gasteiger partial charge in [-0.05, 0) is 17.7 Å². The summed E-state index contributed by atoms with van der Waals surface area (Å²) >= 11 is 0. The third-order valence-corrected chi connectivity index (χ3v) is 3.36. The van der Waals surface area contributed by atoms with Gasteiger partial charge in [0.2, 0.25) is 0 Å². The van der Waals surface area contributed by atoms with Crippen LogP contribution in [0.4, 0.5) is 4.39 Å². The van der Waals surface area contributed by atoms with Gasteiger partial charge in [0.05, 0.1) is 11.5 Å². The number of hydrogen-bond acceptors (Lipinski definition) is 3. The molecule has 78 valence electrons. The highest BCUT2D eigenvalue weighted by atomic mass is 32.2. The average molecular weight is 217 g/mol. The monoisotopic (exact) mass is 217 g/mol. The van der Waals surface area contributed by atoms with E-state index in [2.05, 4.69) is 0 Å². The normalized spacial score (nSPS) is 11.6. The molecule has 0 heterocycles. The second-order valence-electron chi connectivity index (χ2n) is 3.01. The minimum absolute atomic E-state index is 0.0373. The molecule has 0 aromatic heterocycles. The Labute approximate surface area is 82.7 Å². The summed E-state index contributed by atoms with van der Waals surface area (Å²) in [5, 5.41) is 0. The van der Waals surface area contributed by atoms with Gasteiger partial charge in [-0.2, -0.15) is 0 Å². The van der Waals surface area contributed by atoms with E-state index in [1.165, 1.54) is 24.3 Å². The number of rotatable bonds is 4. The van der Waals surface area contributed by atoms with Crippen molar-refractivity contribution in [3.8, 4) is 0 Å². The summed E-state index contributed by atoms with van der Waals surface area (Å²) in [6.45, 7) is 0.115. The fourth-order valence-electron chi connectivity index (χ4n) is 1.09. The van der Waals surface area contributed by atoms with Crippen LogP contribution in [0.5, 0.6) is 0 Å². The van der Waals surface area contributed by atoms with Crippen LogP contribution in [0.3, 0.4) is 0 Å². The minimum atomic E-state index is -3.14. The molecule has 0 bridgehead atoms. The summed E-state index contributed by atoms with van der Waals surface area (Å²) in [4.78, 5) is 0. The highest BCUT2D eigenvalue weighted by Gasteiger charge is 2.10. The highest BCUT2D eigenvalue weighted by molar-refractivity contribution is 7.90. The van der Waals surface area contributed by atoms with Gasteiger partial charge in [-0.1, -0.05) is 12.1 Å². The van der Waals surface area contributed by atoms with E-state index in [0.29, 0.717) is 5.56 Å². The molecule has 0 radical (unpaired) electrons. The van der Waals surface area contributed by atoms with Crippen molar-refractivity contribution in [2.45, 2.75) is 5.75 Å². The fraction of sp³-hybridized carbons (Fsp3) is 0.333. The number of sulfone groups is 1. The summed E-state index contributed by atoms with van der Waals surface area (Å²) in [7, 11) is -3.14. The van der Waals surface area contributed by atoms with Crippen LogP contribution in [0.1, 0.15) is 5.56 Å². The second kappa shape index (κ2) is 4.52. The van der Waals surface area contributed by atoms with Crippen LogP contribution < -0.4 is 5.73 Å². The molecule has 3 nitrogen and oxygen atoms in total. The van der Waals surface area contributed by atoms with E-state index in [4.69, 9.17) is 5.73 Å². The van der Waals surface area contributed by atoms with Crippen LogP contribution in [-0.4, -0.2) is 20.7 Å². The van der Waals surface area contributed by atoms with Crippen molar-refractivity contribution < 1.29 is 12.8 Å². The van der Waals surface area contributed by atoms with E-state index in [0.717, 1.165) is 0 Å². The molecule has 0 aliphatic heterocycles. The number of halogens is 1. The van der Waals surface area contributed by atoms with Gasteiger partial charge in [0.15, 0.2) is 9.84 Å². The first-order valence-electron chi connectivity index (χ1n) is 4.18. The van der Waals surface area contributed by atoms with Gasteiger partial charge in [0, 0.05) is 6.54 Å². The van der Waals surface area contributed by atoms with Crippen LogP contribution >= 0.6 is 0 Å². The van der Waals surface area contributed by atoms with E-state index in [1.54, 1.807) is 0 Å². The minimum Gasteiger partial charge on any atom is -0.329 e. The fourth-order valence-corrected chi connectivity index (χ4v) is 2.29. The Morgan fingerprint density at radius 2 is 1.79 bits per heavy atom. The zero-order valence-electron chi connectivity index (χ0n) is 7.61. The first kappa shape index (κ1) is 11.1. The van der Waals surface area contributed by atoms with Crippen molar-refractivity contribution in [1.29, 1.82) is 0 Å². The van der Waals surface area contributed by atoms with Crippen molar-refractivity contribution in [2.24, 2.45) is 5.73 Å². The Morgan fingerprint density at radius 1 is 1.21 bits per heavy atom. The summed E-state index contributed by atoms with van der Waals surface area (Å²) in [6, 6.07) is 5.41. The van der Waals surface area contributed by atoms with Gasteiger partial charge in [-0.15, -0.1) is 0 Å². The molecule has 0 saturated heterocycles. The zero-order chi connectivity index (χ0) is 10.6. The Balaban J connectivity index is 2.74. The van der Waals surface area contributed by atoms with Crippen molar-refractivity contribution in [3.05, 3.63) is 35.6 Å². The largest absolute Gasteiger partial charge is 0.329 e. The predicted octanol–water partition coefficient (Wildman–Crippen LogP) is 0.699. The molecule has 1 aromatic carbocycles. The lowest BCUT2D eigenvalue weighted by Crippen LogP contribution is -2.17. The third-order valence-electron chi connectivity index (χ3n) is 1.73. The Morgan fingerprint density at radius 3 is 2.29 bits per heavy atom. The van der Waals surface area contributed by atoms with Gasteiger partial charge in [-0.25, -0.2) is 12.8 Å². The molecular weight excluding hydrogens is 205 g/mol.